The summed E-state index contributed by atoms with van der Waals surface area (Å²) >= 11 is 22.2. The number of rotatable bonds is 18. The first-order chi connectivity index (χ1) is 33.0. The van der Waals surface area contributed by atoms with Gasteiger partial charge in [0.05, 0.1) is 20.1 Å². The Morgan fingerprint density at radius 2 is 1.01 bits per heavy atom. The van der Waals surface area contributed by atoms with Crippen LogP contribution < -0.4 is 24.3 Å². The number of ether oxygens (including phenoxy) is 4. The van der Waals surface area contributed by atoms with E-state index < -0.39 is 48.0 Å². The van der Waals surface area contributed by atoms with E-state index in [-0.39, 0.29) is 80.6 Å². The van der Waals surface area contributed by atoms with Crippen LogP contribution in [-0.4, -0.2) is 103 Å². The Morgan fingerprint density at radius 1 is 0.586 bits per heavy atom. The van der Waals surface area contributed by atoms with Gasteiger partial charge >= 0.3 is 18.1 Å². The molecular formula is C46H45Cl4F7N2O11. The zero-order valence-corrected chi connectivity index (χ0v) is 39.7. The Morgan fingerprint density at radius 3 is 1.43 bits per heavy atom. The number of nitrogens with zero attached hydrogens (tertiary/aromatic N) is 1. The highest BCUT2D eigenvalue weighted by molar-refractivity contribution is 6.31. The molecule has 24 heteroatoms. The van der Waals surface area contributed by atoms with Crippen molar-refractivity contribution in [2.45, 2.75) is 44.7 Å². The number of hydrogen-bond acceptors (Lipinski definition) is 10. The SMILES string of the molecule is O=C(CCC1CCN(C(=O)COc2ccc(Cl)c(F)c2)C1)COc1ccc(Cl)c(F)c1.O=C(CCC1CCNC1)COc1ccc(Cl)c(F)c1.O=C(O)C(F)(F)F.O=C(O)COc1ccc(F)c(Cl)c1. The summed E-state index contributed by atoms with van der Waals surface area (Å²) in [4.78, 5) is 56.7. The van der Waals surface area contributed by atoms with Crippen LogP contribution in [0.3, 0.4) is 0 Å². The first-order valence-electron chi connectivity index (χ1n) is 20.9. The molecule has 2 aliphatic rings. The molecule has 13 nitrogen and oxygen atoms in total. The third-order valence-electron chi connectivity index (χ3n) is 9.79. The summed E-state index contributed by atoms with van der Waals surface area (Å²) < 4.78 is 105. The quantitative estimate of drug-likeness (QED) is 0.0805. The van der Waals surface area contributed by atoms with Crippen molar-refractivity contribution < 1.29 is 83.9 Å². The highest BCUT2D eigenvalue weighted by Gasteiger charge is 2.38. The fourth-order valence-electron chi connectivity index (χ4n) is 6.11. The first-order valence-corrected chi connectivity index (χ1v) is 22.4. The molecule has 0 radical (unpaired) electrons. The second-order valence-corrected chi connectivity index (χ2v) is 16.8. The maximum Gasteiger partial charge on any atom is 0.490 e. The minimum absolute atomic E-state index is 0.00950. The van der Waals surface area contributed by atoms with Crippen LogP contribution >= 0.6 is 46.4 Å². The number of nitrogens with one attached hydrogen (secondary N) is 1. The van der Waals surface area contributed by atoms with Crippen molar-refractivity contribution in [1.29, 1.82) is 0 Å². The normalized spacial score (nSPS) is 14.9. The van der Waals surface area contributed by atoms with Crippen LogP contribution in [0.25, 0.3) is 0 Å². The van der Waals surface area contributed by atoms with Crippen molar-refractivity contribution in [3.8, 4) is 23.0 Å². The molecule has 1 amide bonds. The summed E-state index contributed by atoms with van der Waals surface area (Å²) in [6.45, 7) is 2.32. The van der Waals surface area contributed by atoms with Crippen LogP contribution in [0.4, 0.5) is 30.7 Å². The highest BCUT2D eigenvalue weighted by Crippen LogP contribution is 2.26. The Hall–Kier alpha value is -5.54. The number of aliphatic carboxylic acids is 2. The Kier molecular flexibility index (Phi) is 24.8. The molecule has 6 rings (SSSR count). The molecular weight excluding hydrogens is 1030 g/mol. The molecule has 0 spiro atoms. The van der Waals surface area contributed by atoms with Gasteiger partial charge < -0.3 is 39.4 Å². The van der Waals surface area contributed by atoms with Crippen LogP contribution in [0, 0.1) is 35.1 Å². The predicted octanol–water partition coefficient (Wildman–Crippen LogP) is 10.3. The summed E-state index contributed by atoms with van der Waals surface area (Å²) in [7, 11) is 0. The molecule has 4 aromatic rings. The summed E-state index contributed by atoms with van der Waals surface area (Å²) in [5.74, 6) is -4.59. The summed E-state index contributed by atoms with van der Waals surface area (Å²) in [6, 6.07) is 15.8. The lowest BCUT2D eigenvalue weighted by Gasteiger charge is -2.17. The predicted molar refractivity (Wildman–Crippen MR) is 243 cm³/mol. The molecule has 2 unspecified atom stereocenters. The maximum absolute atomic E-state index is 13.4. The smallest absolute Gasteiger partial charge is 0.486 e. The van der Waals surface area contributed by atoms with Gasteiger partial charge in [-0.1, -0.05) is 46.4 Å². The lowest BCUT2D eigenvalue weighted by atomic mass is 10.0. The fraction of sp³-hybridized carbons (Fsp3) is 0.370. The zero-order valence-electron chi connectivity index (χ0n) is 36.7. The number of alkyl halides is 3. The minimum Gasteiger partial charge on any atom is -0.486 e. The number of likely N-dealkylation sites (tertiary alicyclic amines) is 1. The molecule has 382 valence electrons. The summed E-state index contributed by atoms with van der Waals surface area (Å²) in [6.07, 6.45) is -0.811. The van der Waals surface area contributed by atoms with E-state index in [1.807, 2.05) is 0 Å². The van der Waals surface area contributed by atoms with Crippen LogP contribution in [0.15, 0.2) is 72.8 Å². The van der Waals surface area contributed by atoms with Crippen molar-refractivity contribution in [3.05, 3.63) is 116 Å². The molecule has 2 heterocycles. The molecule has 4 aromatic carbocycles. The van der Waals surface area contributed by atoms with Gasteiger partial charge in [0.1, 0.15) is 59.5 Å². The number of carboxylic acid groups (broad SMARTS) is 2. The number of ketones is 2. The lowest BCUT2D eigenvalue weighted by molar-refractivity contribution is -0.192. The molecule has 2 atom stereocenters. The average molecular weight is 1080 g/mol. The Balaban J connectivity index is 0.000000281. The monoisotopic (exact) mass is 1070 g/mol. The number of hydrogen-bond donors (Lipinski definition) is 3. The molecule has 2 saturated heterocycles. The zero-order chi connectivity index (χ0) is 52.0. The Labute approximate surface area is 416 Å². The Bertz CT molecular complexity index is 2400. The summed E-state index contributed by atoms with van der Waals surface area (Å²) in [5, 5.41) is 18.6. The van der Waals surface area contributed by atoms with E-state index in [1.165, 1.54) is 48.5 Å². The molecule has 0 aromatic heterocycles. The van der Waals surface area contributed by atoms with Crippen molar-refractivity contribution >= 4 is 75.8 Å². The van der Waals surface area contributed by atoms with Gasteiger partial charge in [0.15, 0.2) is 24.8 Å². The molecule has 2 aliphatic heterocycles. The highest BCUT2D eigenvalue weighted by atomic mass is 35.5. The fourth-order valence-corrected chi connectivity index (χ4v) is 6.63. The number of carbonyl (C=O) groups excluding carboxylic acids is 3. The van der Waals surface area contributed by atoms with Gasteiger partial charge in [0.2, 0.25) is 0 Å². The van der Waals surface area contributed by atoms with Gasteiger partial charge in [-0.3, -0.25) is 14.4 Å². The molecule has 3 N–H and O–H groups in total. The molecule has 2 fully saturated rings. The van der Waals surface area contributed by atoms with Crippen LogP contribution in [0.1, 0.15) is 38.5 Å². The largest absolute Gasteiger partial charge is 0.490 e. The second kappa shape index (κ2) is 29.6. The summed E-state index contributed by atoms with van der Waals surface area (Å²) in [5.41, 5.74) is 0. The van der Waals surface area contributed by atoms with Gasteiger partial charge in [0.25, 0.3) is 5.91 Å². The molecule has 0 aliphatic carbocycles. The number of carbonyl (C=O) groups is 5. The van der Waals surface area contributed by atoms with Crippen molar-refractivity contribution in [3.63, 3.8) is 0 Å². The third kappa shape index (κ3) is 22.5. The van der Waals surface area contributed by atoms with E-state index in [4.69, 9.17) is 80.4 Å². The van der Waals surface area contributed by atoms with E-state index in [0.29, 0.717) is 44.0 Å². The van der Waals surface area contributed by atoms with Gasteiger partial charge in [-0.25, -0.2) is 27.2 Å². The van der Waals surface area contributed by atoms with Gasteiger partial charge in [0, 0.05) is 50.2 Å². The van der Waals surface area contributed by atoms with Crippen molar-refractivity contribution in [2.24, 2.45) is 11.8 Å². The van der Waals surface area contributed by atoms with Crippen molar-refractivity contribution in [2.75, 3.05) is 52.6 Å². The van der Waals surface area contributed by atoms with E-state index in [0.717, 1.165) is 50.6 Å². The number of Topliss-reactive ketones (excluding diaryl/α,β-unsaturated/α-hetero) is 2. The van der Waals surface area contributed by atoms with Crippen LogP contribution in [0.2, 0.25) is 20.1 Å². The first kappa shape index (κ1) is 58.8. The molecule has 0 saturated carbocycles. The number of halogens is 11. The molecule has 70 heavy (non-hydrogen) atoms. The topological polar surface area (TPSA) is 178 Å². The lowest BCUT2D eigenvalue weighted by Crippen LogP contribution is -2.33. The minimum atomic E-state index is -5.08. The van der Waals surface area contributed by atoms with Crippen LogP contribution in [0.5, 0.6) is 23.0 Å². The van der Waals surface area contributed by atoms with Crippen molar-refractivity contribution in [1.82, 2.24) is 10.2 Å². The second-order valence-electron chi connectivity index (χ2n) is 15.2. The number of benzene rings is 4. The van der Waals surface area contributed by atoms with Gasteiger partial charge in [-0.05, 0) is 99.1 Å². The standard InChI is InChI=1S/C22H21Cl2F2NO4.C14H17ClFNO2.C8H6ClFO3.C2HF3O2/c23-18-5-3-16(9-20(18)25)30-12-15(28)2-1-14-7-8-27(11-14)22(29)13-31-17-4-6-19(24)21(26)10-17;15-13-4-3-12(7-14(13)16)19-9-11(18)2-1-10-5-6-17-8-10;9-6-3-5(1-2-7(6)10)13-4-8(11)12;3-2(4,5)1(6)7/h3-6,9-10,14H,1-2,7-8,11-13H2;3-4,7,10,17H,1-2,5-6,8-9H2;1-3H,4H2,(H,11,12);(H,6,7). The van der Waals surface area contributed by atoms with E-state index in [1.54, 1.807) is 11.0 Å². The van der Waals surface area contributed by atoms with E-state index >= 15 is 0 Å². The van der Waals surface area contributed by atoms with E-state index in [9.17, 15) is 49.9 Å². The van der Waals surface area contributed by atoms with Crippen LogP contribution in [-0.2, 0) is 24.0 Å². The van der Waals surface area contributed by atoms with E-state index in [2.05, 4.69) is 5.32 Å². The molecule has 0 bridgehead atoms. The third-order valence-corrected chi connectivity index (χ3v) is 11.0. The van der Waals surface area contributed by atoms with Gasteiger partial charge in [-0.15, -0.1) is 0 Å². The number of carboxylic acids is 2. The maximum atomic E-state index is 13.4. The average Bonchev–Trinajstić information content (AvgIpc) is 4.03. The number of amides is 1. The van der Waals surface area contributed by atoms with Gasteiger partial charge in [-0.2, -0.15) is 13.2 Å².